The van der Waals surface area contributed by atoms with E-state index in [2.05, 4.69) is 31.7 Å². The number of aliphatic carboxylic acids is 1. The first-order valence-electron chi connectivity index (χ1n) is 18.0. The minimum absolute atomic E-state index is 0.118. The first-order valence-corrected chi connectivity index (χ1v) is 18.0. The summed E-state index contributed by atoms with van der Waals surface area (Å²) in [5, 5.41) is 10.8. The molecule has 0 amide bonds. The average Bonchev–Trinajstić information content (AvgIpc) is 3.41. The van der Waals surface area contributed by atoms with Gasteiger partial charge in [0, 0.05) is 11.8 Å². The van der Waals surface area contributed by atoms with Gasteiger partial charge >= 0.3 is 5.97 Å². The number of hydrogen-bond acceptors (Lipinski definition) is 2. The second-order valence-corrected chi connectivity index (χ2v) is 15.8. The molecule has 10 atom stereocenters. The Balaban J connectivity index is 1.20. The first-order chi connectivity index (χ1) is 20.8. The van der Waals surface area contributed by atoms with Crippen LogP contribution in [0.5, 0.6) is 0 Å². The summed E-state index contributed by atoms with van der Waals surface area (Å²) in [6, 6.07) is 0. The molecule has 7 rings (SSSR count). The lowest BCUT2D eigenvalue weighted by Crippen LogP contribution is -2.53. The van der Waals surface area contributed by atoms with Crippen molar-refractivity contribution in [1.29, 1.82) is 0 Å². The van der Waals surface area contributed by atoms with E-state index in [1.807, 2.05) is 6.92 Å². The van der Waals surface area contributed by atoms with Crippen LogP contribution in [0.15, 0.2) is 59.3 Å². The molecule has 0 aromatic heterocycles. The van der Waals surface area contributed by atoms with Crippen molar-refractivity contribution in [2.24, 2.45) is 58.2 Å². The lowest BCUT2D eigenvalue weighted by Gasteiger charge is -2.56. The van der Waals surface area contributed by atoms with Gasteiger partial charge < -0.3 is 5.11 Å². The topological polar surface area (TPSA) is 54.4 Å². The second kappa shape index (κ2) is 11.0. The molecule has 4 fully saturated rings. The van der Waals surface area contributed by atoms with E-state index in [9.17, 15) is 14.7 Å². The normalized spacial score (nSPS) is 43.6. The van der Waals surface area contributed by atoms with Crippen LogP contribution in [0, 0.1) is 58.2 Å². The molecule has 0 spiro atoms. The zero-order valence-electron chi connectivity index (χ0n) is 26.8. The van der Waals surface area contributed by atoms with Crippen LogP contribution in [0.3, 0.4) is 0 Å². The Bertz CT molecular complexity index is 1310. The molecule has 7 aliphatic rings. The van der Waals surface area contributed by atoms with Gasteiger partial charge in [-0.15, -0.1) is 0 Å². The van der Waals surface area contributed by atoms with Crippen molar-refractivity contribution in [1.82, 2.24) is 0 Å². The standard InChI is InChI=1S/C40H54O3/c1-5-39-22-24(3)36-28-13-9-7-11-26(28)15-17-30(36)32(39)19-20-33(39)35(41)21-34-31-18-16-27-12-8-10-14-29(27)37(31)25(4)23-40(34,6-2)38(42)43/h11-12,20,28-32,34,36-37H,3-10,13-19,21-23H2,1-2H3,(H,42,43)/t28-,29?,30-,31?,32-,34?,36+,37?,39-,40-/m0/s1. The maximum atomic E-state index is 14.8. The number of hydrogen-bond donors (Lipinski definition) is 1. The Kier molecular flexibility index (Phi) is 7.57. The van der Waals surface area contributed by atoms with Crippen molar-refractivity contribution in [3.05, 3.63) is 59.3 Å². The van der Waals surface area contributed by atoms with Crippen LogP contribution >= 0.6 is 0 Å². The van der Waals surface area contributed by atoms with E-state index < -0.39 is 11.4 Å². The van der Waals surface area contributed by atoms with Gasteiger partial charge in [0.15, 0.2) is 5.78 Å². The highest BCUT2D eigenvalue weighted by Crippen LogP contribution is 2.66. The van der Waals surface area contributed by atoms with Crippen LogP contribution in [0.2, 0.25) is 0 Å². The zero-order chi connectivity index (χ0) is 30.1. The smallest absolute Gasteiger partial charge is 0.310 e. The third-order valence-electron chi connectivity index (χ3n) is 14.5. The minimum atomic E-state index is -0.893. The molecule has 0 saturated heterocycles. The van der Waals surface area contributed by atoms with Gasteiger partial charge in [0.25, 0.3) is 0 Å². The van der Waals surface area contributed by atoms with Crippen LogP contribution in [0.1, 0.15) is 117 Å². The van der Waals surface area contributed by atoms with Gasteiger partial charge in [-0.3, -0.25) is 9.59 Å². The summed E-state index contributed by atoms with van der Waals surface area (Å²) in [5.41, 5.74) is 5.86. The highest BCUT2D eigenvalue weighted by Gasteiger charge is 2.60. The molecule has 0 radical (unpaired) electrons. The third-order valence-corrected chi connectivity index (χ3v) is 14.5. The quantitative estimate of drug-likeness (QED) is 0.317. The number of carboxylic acids is 1. The molecule has 0 aromatic rings. The van der Waals surface area contributed by atoms with Crippen LogP contribution in [-0.4, -0.2) is 16.9 Å². The predicted molar refractivity (Wildman–Crippen MR) is 173 cm³/mol. The minimum Gasteiger partial charge on any atom is -0.481 e. The monoisotopic (exact) mass is 582 g/mol. The van der Waals surface area contributed by atoms with Crippen molar-refractivity contribution < 1.29 is 14.7 Å². The number of allylic oxidation sites excluding steroid dienone is 8. The fraction of sp³-hybridized carbons (Fsp3) is 0.700. The van der Waals surface area contributed by atoms with E-state index in [-0.39, 0.29) is 23.0 Å². The fourth-order valence-corrected chi connectivity index (χ4v) is 12.7. The lowest BCUT2D eigenvalue weighted by atomic mass is 9.47. The third kappa shape index (κ3) is 4.33. The van der Waals surface area contributed by atoms with E-state index in [0.29, 0.717) is 54.8 Å². The number of carbonyl (C=O) groups excluding carboxylic acids is 1. The van der Waals surface area contributed by atoms with Crippen molar-refractivity contribution in [2.75, 3.05) is 0 Å². The number of ketones is 1. The van der Waals surface area contributed by atoms with Crippen molar-refractivity contribution >= 4 is 11.8 Å². The van der Waals surface area contributed by atoms with Crippen LogP contribution in [-0.2, 0) is 9.59 Å². The Morgan fingerprint density at radius 2 is 1.44 bits per heavy atom. The molecule has 0 aromatic carbocycles. The van der Waals surface area contributed by atoms with E-state index in [4.69, 9.17) is 6.58 Å². The molecule has 3 heteroatoms. The Labute approximate surface area is 260 Å². The molecule has 3 nitrogen and oxygen atoms in total. The molecule has 7 aliphatic carbocycles. The SMILES string of the molecule is C=C1C[C@](CC)(C(=O)O)C(CC(=O)C2=CC[C@H]3[C@@H]4CCC5=CCCC[C@@H]5[C@H]4C(=C)C[C@]23CC)C2CCC3=CCCCC3C12. The second-order valence-electron chi connectivity index (χ2n) is 15.8. The van der Waals surface area contributed by atoms with Crippen molar-refractivity contribution in [3.8, 4) is 0 Å². The highest BCUT2D eigenvalue weighted by atomic mass is 16.4. The van der Waals surface area contributed by atoms with Gasteiger partial charge in [-0.25, -0.2) is 0 Å². The maximum absolute atomic E-state index is 14.8. The van der Waals surface area contributed by atoms with Crippen LogP contribution < -0.4 is 0 Å². The molecule has 0 heterocycles. The Hall–Kier alpha value is -2.16. The Morgan fingerprint density at radius 3 is 2.05 bits per heavy atom. The van der Waals surface area contributed by atoms with Crippen LogP contribution in [0.25, 0.3) is 0 Å². The summed E-state index contributed by atoms with van der Waals surface area (Å²) < 4.78 is 0. The molecular weight excluding hydrogens is 528 g/mol. The molecule has 43 heavy (non-hydrogen) atoms. The molecule has 0 bridgehead atoms. The number of Topliss-reactive ketones (excluding diaryl/α,β-unsaturated/α-hetero) is 1. The average molecular weight is 583 g/mol. The van der Waals surface area contributed by atoms with E-state index in [1.165, 1.54) is 56.9 Å². The Morgan fingerprint density at radius 1 is 0.837 bits per heavy atom. The van der Waals surface area contributed by atoms with Gasteiger partial charge in [-0.2, -0.15) is 0 Å². The summed E-state index contributed by atoms with van der Waals surface area (Å²) in [6.07, 6.45) is 23.7. The summed E-state index contributed by atoms with van der Waals surface area (Å²) in [6.45, 7) is 13.6. The van der Waals surface area contributed by atoms with Gasteiger partial charge in [0.05, 0.1) is 5.41 Å². The van der Waals surface area contributed by atoms with E-state index >= 15 is 0 Å². The molecule has 232 valence electrons. The van der Waals surface area contributed by atoms with Crippen molar-refractivity contribution in [3.63, 3.8) is 0 Å². The van der Waals surface area contributed by atoms with Gasteiger partial charge in [0.1, 0.15) is 0 Å². The van der Waals surface area contributed by atoms with Crippen molar-refractivity contribution in [2.45, 2.75) is 117 Å². The highest BCUT2D eigenvalue weighted by molar-refractivity contribution is 5.98. The summed E-state index contributed by atoms with van der Waals surface area (Å²) >= 11 is 0. The molecule has 0 aliphatic heterocycles. The fourth-order valence-electron chi connectivity index (χ4n) is 12.7. The van der Waals surface area contributed by atoms with E-state index in [0.717, 1.165) is 43.3 Å². The zero-order valence-corrected chi connectivity index (χ0v) is 26.8. The number of carboxylic acid groups (broad SMARTS) is 1. The summed E-state index contributed by atoms with van der Waals surface area (Å²) in [5.74, 6) is 2.88. The van der Waals surface area contributed by atoms with Gasteiger partial charge in [-0.1, -0.05) is 67.5 Å². The largest absolute Gasteiger partial charge is 0.481 e. The number of fused-ring (bicyclic) bond motifs is 8. The number of rotatable bonds is 6. The predicted octanol–water partition coefficient (Wildman–Crippen LogP) is 9.81. The van der Waals surface area contributed by atoms with Gasteiger partial charge in [0.2, 0.25) is 0 Å². The van der Waals surface area contributed by atoms with Crippen LogP contribution in [0.4, 0.5) is 0 Å². The van der Waals surface area contributed by atoms with E-state index in [1.54, 1.807) is 11.1 Å². The number of carbonyl (C=O) groups is 2. The van der Waals surface area contributed by atoms with Gasteiger partial charge in [-0.05, 0) is 149 Å². The first kappa shape index (κ1) is 29.5. The molecular formula is C40H54O3. The molecule has 4 saturated carbocycles. The molecule has 1 N–H and O–H groups in total. The lowest BCUT2D eigenvalue weighted by molar-refractivity contribution is -0.159. The summed E-state index contributed by atoms with van der Waals surface area (Å²) in [7, 11) is 0. The summed E-state index contributed by atoms with van der Waals surface area (Å²) in [4.78, 5) is 28.0. The maximum Gasteiger partial charge on any atom is 0.310 e. The molecule has 4 unspecified atom stereocenters.